The molecule has 2 heterocycles. The van der Waals surface area contributed by atoms with E-state index in [2.05, 4.69) is 20.4 Å². The number of anilines is 1. The van der Waals surface area contributed by atoms with Crippen molar-refractivity contribution in [3.8, 4) is 11.8 Å². The lowest BCUT2D eigenvalue weighted by Crippen LogP contribution is -2.18. The van der Waals surface area contributed by atoms with E-state index in [9.17, 15) is 26.7 Å². The van der Waals surface area contributed by atoms with Gasteiger partial charge in [0.1, 0.15) is 0 Å². The van der Waals surface area contributed by atoms with E-state index in [4.69, 9.17) is 4.74 Å². The third kappa shape index (κ3) is 4.05. The van der Waals surface area contributed by atoms with Gasteiger partial charge in [-0.15, -0.1) is 0 Å². The number of rotatable bonds is 4. The third-order valence-electron chi connectivity index (χ3n) is 3.36. The van der Waals surface area contributed by atoms with Crippen LogP contribution in [0.4, 0.5) is 27.6 Å². The van der Waals surface area contributed by atoms with Crippen molar-refractivity contribution in [1.29, 1.82) is 0 Å². The molecule has 0 aliphatic carbocycles. The Hall–Kier alpha value is -3.57. The lowest BCUT2D eigenvalue weighted by atomic mass is 10.2. The van der Waals surface area contributed by atoms with Crippen molar-refractivity contribution in [2.75, 3.05) is 5.32 Å². The normalized spacial score (nSPS) is 11.4. The summed E-state index contributed by atoms with van der Waals surface area (Å²) in [7, 11) is 1.24. The number of aromatic nitrogens is 4. The van der Waals surface area contributed by atoms with E-state index in [1.807, 2.05) is 0 Å². The zero-order chi connectivity index (χ0) is 20.5. The van der Waals surface area contributed by atoms with Crippen molar-refractivity contribution in [2.45, 2.75) is 6.18 Å². The Morgan fingerprint density at radius 3 is 2.61 bits per heavy atom. The molecule has 7 nitrogen and oxygen atoms in total. The number of para-hydroxylation sites is 2. The number of alkyl halides is 3. The van der Waals surface area contributed by atoms with Crippen molar-refractivity contribution in [3.05, 3.63) is 59.7 Å². The molecule has 1 aromatic carbocycles. The molecule has 2 aromatic heterocycles. The Morgan fingerprint density at radius 2 is 1.93 bits per heavy atom. The Balaban J connectivity index is 1.88. The molecule has 0 bridgehead atoms. The Bertz CT molecular complexity index is 1030. The predicted molar refractivity (Wildman–Crippen MR) is 84.6 cm³/mol. The summed E-state index contributed by atoms with van der Waals surface area (Å²) in [5.74, 6) is -3.93. The van der Waals surface area contributed by atoms with E-state index in [1.54, 1.807) is 0 Å². The molecule has 0 fully saturated rings. The Kier molecular flexibility index (Phi) is 4.94. The first-order valence-corrected chi connectivity index (χ1v) is 7.52. The summed E-state index contributed by atoms with van der Waals surface area (Å²) >= 11 is 0. The van der Waals surface area contributed by atoms with Crippen LogP contribution in [-0.2, 0) is 13.2 Å². The number of halogens is 5. The van der Waals surface area contributed by atoms with Crippen LogP contribution in [0.15, 0.2) is 36.7 Å². The number of nitrogens with zero attached hydrogens (tertiary/aromatic N) is 4. The summed E-state index contributed by atoms with van der Waals surface area (Å²) in [6, 6.07) is 5.06. The van der Waals surface area contributed by atoms with Crippen molar-refractivity contribution in [2.24, 2.45) is 7.05 Å². The average Bonchev–Trinajstić information content (AvgIpc) is 3.02. The number of carbonyl (C=O) groups is 1. The maximum Gasteiger partial charge on any atom is 0.435 e. The molecular weight excluding hydrogens is 389 g/mol. The first kappa shape index (κ1) is 19.2. The number of nitrogens with one attached hydrogen (secondary N) is 1. The van der Waals surface area contributed by atoms with Gasteiger partial charge in [0.15, 0.2) is 17.3 Å². The third-order valence-corrected chi connectivity index (χ3v) is 3.36. The highest BCUT2D eigenvalue weighted by molar-refractivity contribution is 6.05. The van der Waals surface area contributed by atoms with E-state index in [1.165, 1.54) is 31.3 Å². The van der Waals surface area contributed by atoms with Crippen molar-refractivity contribution >= 4 is 11.6 Å². The maximum absolute atomic E-state index is 13.2. The molecule has 0 saturated heterocycles. The number of ether oxygens (including phenoxy) is 1. The molecule has 0 saturated carbocycles. The van der Waals surface area contributed by atoms with Crippen LogP contribution in [0.25, 0.3) is 0 Å². The molecule has 146 valence electrons. The largest absolute Gasteiger partial charge is 0.435 e. The summed E-state index contributed by atoms with van der Waals surface area (Å²) in [5.41, 5.74) is -2.10. The molecule has 1 amide bonds. The number of hydrogen-bond acceptors (Lipinski definition) is 5. The van der Waals surface area contributed by atoms with Crippen LogP contribution in [0.3, 0.4) is 0 Å². The van der Waals surface area contributed by atoms with Gasteiger partial charge in [-0.2, -0.15) is 27.6 Å². The van der Waals surface area contributed by atoms with Gasteiger partial charge >= 0.3 is 12.2 Å². The smallest absolute Gasteiger partial charge is 0.422 e. The zero-order valence-corrected chi connectivity index (χ0v) is 14.0. The molecule has 0 aliphatic rings. The van der Waals surface area contributed by atoms with Gasteiger partial charge in [0.2, 0.25) is 0 Å². The monoisotopic (exact) mass is 399 g/mol. The van der Waals surface area contributed by atoms with Gasteiger partial charge in [0.05, 0.1) is 17.4 Å². The first-order chi connectivity index (χ1) is 13.1. The predicted octanol–water partition coefficient (Wildman–Crippen LogP) is 3.55. The standard InChI is InChI=1S/C16H10F5N5O2/c1-26-7-8(12(25-26)16(19,20)21)14(27)23-10-4-2-3-5-11(10)28-15-22-6-9(17)13(18)24-15/h2-7H,1H3,(H,23,27). The molecule has 0 atom stereocenters. The highest BCUT2D eigenvalue weighted by Crippen LogP contribution is 2.32. The van der Waals surface area contributed by atoms with Crippen LogP contribution in [0.2, 0.25) is 0 Å². The topological polar surface area (TPSA) is 81.9 Å². The van der Waals surface area contributed by atoms with Crippen LogP contribution in [0.5, 0.6) is 11.8 Å². The van der Waals surface area contributed by atoms with Gasteiger partial charge in [0.25, 0.3) is 11.9 Å². The minimum Gasteiger partial charge on any atom is -0.422 e. The zero-order valence-electron chi connectivity index (χ0n) is 14.0. The molecule has 0 unspecified atom stereocenters. The molecule has 12 heteroatoms. The van der Waals surface area contributed by atoms with Gasteiger partial charge in [-0.05, 0) is 12.1 Å². The lowest BCUT2D eigenvalue weighted by molar-refractivity contribution is -0.141. The van der Waals surface area contributed by atoms with Crippen LogP contribution in [-0.4, -0.2) is 25.7 Å². The van der Waals surface area contributed by atoms with Gasteiger partial charge in [-0.25, -0.2) is 9.37 Å². The molecule has 1 N–H and O–H groups in total. The van der Waals surface area contributed by atoms with E-state index < -0.39 is 41.1 Å². The fourth-order valence-electron chi connectivity index (χ4n) is 2.19. The number of amides is 1. The molecule has 0 radical (unpaired) electrons. The molecule has 3 rings (SSSR count). The van der Waals surface area contributed by atoms with Crippen molar-refractivity contribution in [1.82, 2.24) is 19.7 Å². The summed E-state index contributed by atoms with van der Waals surface area (Å²) < 4.78 is 71.2. The molecule has 28 heavy (non-hydrogen) atoms. The maximum atomic E-state index is 13.2. The van der Waals surface area contributed by atoms with Crippen LogP contribution in [0, 0.1) is 11.8 Å². The van der Waals surface area contributed by atoms with E-state index in [0.29, 0.717) is 6.20 Å². The van der Waals surface area contributed by atoms with E-state index >= 15 is 0 Å². The highest BCUT2D eigenvalue weighted by Gasteiger charge is 2.39. The quantitative estimate of drug-likeness (QED) is 0.536. The molecule has 3 aromatic rings. The SMILES string of the molecule is Cn1cc(C(=O)Nc2ccccc2Oc2ncc(F)c(F)n2)c(C(F)(F)F)n1. The summed E-state index contributed by atoms with van der Waals surface area (Å²) in [6.07, 6.45) is -3.37. The lowest BCUT2D eigenvalue weighted by Gasteiger charge is -2.11. The second-order valence-electron chi connectivity index (χ2n) is 5.41. The van der Waals surface area contributed by atoms with Crippen molar-refractivity contribution in [3.63, 3.8) is 0 Å². The number of carbonyl (C=O) groups excluding carboxylic acids is 1. The number of hydrogen-bond donors (Lipinski definition) is 1. The molecular formula is C16H10F5N5O2. The van der Waals surface area contributed by atoms with Gasteiger partial charge in [0, 0.05) is 13.2 Å². The second-order valence-corrected chi connectivity index (χ2v) is 5.41. The van der Waals surface area contributed by atoms with Gasteiger partial charge in [-0.1, -0.05) is 12.1 Å². The van der Waals surface area contributed by atoms with Gasteiger partial charge < -0.3 is 10.1 Å². The summed E-state index contributed by atoms with van der Waals surface area (Å²) in [5, 5.41) is 5.51. The number of aryl methyl sites for hydroxylation is 1. The van der Waals surface area contributed by atoms with Crippen LogP contribution in [0.1, 0.15) is 16.1 Å². The first-order valence-electron chi connectivity index (χ1n) is 7.52. The van der Waals surface area contributed by atoms with Crippen molar-refractivity contribution < 1.29 is 31.5 Å². The second kappa shape index (κ2) is 7.21. The molecule has 0 aliphatic heterocycles. The minimum absolute atomic E-state index is 0.0437. The van der Waals surface area contributed by atoms with Crippen LogP contribution >= 0.6 is 0 Å². The summed E-state index contributed by atoms with van der Waals surface area (Å²) in [4.78, 5) is 18.9. The minimum atomic E-state index is -4.83. The fourth-order valence-corrected chi connectivity index (χ4v) is 2.19. The van der Waals surface area contributed by atoms with Crippen LogP contribution < -0.4 is 10.1 Å². The van der Waals surface area contributed by atoms with Gasteiger partial charge in [-0.3, -0.25) is 9.48 Å². The van der Waals surface area contributed by atoms with E-state index in [-0.39, 0.29) is 11.4 Å². The number of benzene rings is 1. The summed E-state index contributed by atoms with van der Waals surface area (Å²) in [6.45, 7) is 0. The average molecular weight is 399 g/mol. The fraction of sp³-hybridized carbons (Fsp3) is 0.125. The van der Waals surface area contributed by atoms with E-state index in [0.717, 1.165) is 10.9 Å². The molecule has 0 spiro atoms. The Morgan fingerprint density at radius 1 is 1.21 bits per heavy atom. The Labute approximate surface area is 153 Å². The highest BCUT2D eigenvalue weighted by atomic mass is 19.4.